The van der Waals surface area contributed by atoms with Crippen molar-refractivity contribution in [2.75, 3.05) is 36.2 Å². The van der Waals surface area contributed by atoms with Gasteiger partial charge in [-0.2, -0.15) is 0 Å². The molecule has 3 N–H and O–H groups in total. The van der Waals surface area contributed by atoms with E-state index in [1.807, 2.05) is 106 Å². The first kappa shape index (κ1) is 29.6. The number of ether oxygens (including phenoxy) is 1. The fraction of sp³-hybridized carbons (Fsp3) is 0.139. The van der Waals surface area contributed by atoms with E-state index >= 15 is 0 Å². The van der Waals surface area contributed by atoms with Crippen molar-refractivity contribution in [3.8, 4) is 22.6 Å². The molecule has 4 heterocycles. The summed E-state index contributed by atoms with van der Waals surface area (Å²) in [6, 6.07) is 30.3. The Morgan fingerprint density at radius 3 is 2.53 bits per heavy atom. The third-order valence-corrected chi connectivity index (χ3v) is 7.95. The minimum absolute atomic E-state index is 0.00567. The summed E-state index contributed by atoms with van der Waals surface area (Å²) in [7, 11) is 1.53. The normalized spacial score (nSPS) is 12.4. The quantitative estimate of drug-likeness (QED) is 0.180. The molecule has 0 atom stereocenters. The predicted molar refractivity (Wildman–Crippen MR) is 181 cm³/mol. The molecule has 0 saturated heterocycles. The highest BCUT2D eigenvalue weighted by Gasteiger charge is 2.21. The lowest BCUT2D eigenvalue weighted by atomic mass is 9.99. The Bertz CT molecular complexity index is 2080. The smallest absolute Gasteiger partial charge is 0.323 e. The number of nitrogens with zero attached hydrogens (tertiary/aromatic N) is 5. The number of urea groups is 1. The Morgan fingerprint density at radius 1 is 0.830 bits per heavy atom. The van der Waals surface area contributed by atoms with Crippen LogP contribution in [0.4, 0.5) is 27.8 Å². The zero-order valence-electron chi connectivity index (χ0n) is 25.7. The van der Waals surface area contributed by atoms with Gasteiger partial charge in [0.15, 0.2) is 0 Å². The first-order valence-corrected chi connectivity index (χ1v) is 15.2. The number of rotatable bonds is 8. The molecule has 1 aliphatic heterocycles. The Labute approximate surface area is 271 Å². The standard InChI is InChI=1S/C36H32N8O3/c1-47-23-32(45)43-19-16-24-20-29(14-13-26(24)22-43)38-35-37-17-15-30(41-35)34-33(42-31-12-5-6-18-44(31)34)25-8-7-11-28(21-25)40-36(46)39-27-9-3-2-4-10-27/h2-15,17-18,20-21H,16,19,22-23H2,1H3,(H,37,38,41)(H2,39,40,46). The number of aromatic nitrogens is 4. The van der Waals surface area contributed by atoms with Gasteiger partial charge >= 0.3 is 6.03 Å². The number of imidazole rings is 1. The number of anilines is 4. The molecule has 1 aliphatic rings. The van der Waals surface area contributed by atoms with Crippen molar-refractivity contribution in [3.05, 3.63) is 121 Å². The number of hydrogen-bond acceptors (Lipinski definition) is 7. The van der Waals surface area contributed by atoms with E-state index in [4.69, 9.17) is 14.7 Å². The van der Waals surface area contributed by atoms with Gasteiger partial charge in [-0.1, -0.05) is 42.5 Å². The van der Waals surface area contributed by atoms with E-state index in [9.17, 15) is 9.59 Å². The summed E-state index contributed by atoms with van der Waals surface area (Å²) in [5, 5.41) is 9.13. The number of fused-ring (bicyclic) bond motifs is 2. The van der Waals surface area contributed by atoms with Gasteiger partial charge in [-0.3, -0.25) is 9.20 Å². The molecule has 234 valence electrons. The van der Waals surface area contributed by atoms with Crippen LogP contribution in [0.25, 0.3) is 28.3 Å². The Hall–Kier alpha value is -6.07. The van der Waals surface area contributed by atoms with Gasteiger partial charge in [0.1, 0.15) is 12.3 Å². The van der Waals surface area contributed by atoms with Crippen LogP contribution in [0.15, 0.2) is 109 Å². The highest BCUT2D eigenvalue weighted by atomic mass is 16.5. The molecular weight excluding hydrogens is 592 g/mol. The van der Waals surface area contributed by atoms with Crippen LogP contribution in [-0.4, -0.2) is 56.5 Å². The van der Waals surface area contributed by atoms with Gasteiger partial charge in [0.05, 0.1) is 17.1 Å². The summed E-state index contributed by atoms with van der Waals surface area (Å²) in [5.41, 5.74) is 8.27. The van der Waals surface area contributed by atoms with Gasteiger partial charge in [0.2, 0.25) is 11.9 Å². The number of amides is 3. The van der Waals surface area contributed by atoms with Crippen LogP contribution in [0.2, 0.25) is 0 Å². The molecule has 0 unspecified atom stereocenters. The van der Waals surface area contributed by atoms with Gasteiger partial charge in [-0.25, -0.2) is 19.7 Å². The summed E-state index contributed by atoms with van der Waals surface area (Å²) in [6.45, 7) is 1.30. The number of methoxy groups -OCH3 is 1. The molecule has 6 aromatic rings. The molecule has 0 fully saturated rings. The summed E-state index contributed by atoms with van der Waals surface area (Å²) in [6.07, 6.45) is 4.44. The van der Waals surface area contributed by atoms with Crippen LogP contribution < -0.4 is 16.0 Å². The van der Waals surface area contributed by atoms with E-state index in [0.717, 1.165) is 34.6 Å². The zero-order chi connectivity index (χ0) is 32.2. The third kappa shape index (κ3) is 6.51. The molecule has 7 rings (SSSR count). The topological polar surface area (TPSA) is 126 Å². The molecule has 0 spiro atoms. The van der Waals surface area contributed by atoms with Crippen LogP contribution >= 0.6 is 0 Å². The highest BCUT2D eigenvalue weighted by Crippen LogP contribution is 2.34. The Kier molecular flexibility index (Phi) is 8.27. The molecule has 0 bridgehead atoms. The minimum atomic E-state index is -0.339. The molecule has 3 aromatic carbocycles. The van der Waals surface area contributed by atoms with E-state index in [-0.39, 0.29) is 18.5 Å². The molecule has 0 saturated carbocycles. The summed E-state index contributed by atoms with van der Waals surface area (Å²) < 4.78 is 7.02. The molecule has 3 amide bonds. The molecule has 11 nitrogen and oxygen atoms in total. The summed E-state index contributed by atoms with van der Waals surface area (Å²) in [4.78, 5) is 41.2. The highest BCUT2D eigenvalue weighted by molar-refractivity contribution is 6.00. The molecular formula is C36H32N8O3. The lowest BCUT2D eigenvalue weighted by Gasteiger charge is -2.29. The predicted octanol–water partition coefficient (Wildman–Crippen LogP) is 6.38. The SMILES string of the molecule is COCC(=O)N1CCc2cc(Nc3nccc(-c4c(-c5cccc(NC(=O)Nc6ccccc6)c5)nc5ccccn45)n3)ccc2C1. The number of carbonyl (C=O) groups is 2. The second kappa shape index (κ2) is 13.1. The maximum absolute atomic E-state index is 12.7. The van der Waals surface area contributed by atoms with Crippen molar-refractivity contribution in [1.29, 1.82) is 0 Å². The van der Waals surface area contributed by atoms with Gasteiger partial charge in [-0.05, 0) is 72.1 Å². The minimum Gasteiger partial charge on any atom is -0.375 e. The molecule has 3 aromatic heterocycles. The van der Waals surface area contributed by atoms with Crippen LogP contribution in [-0.2, 0) is 22.5 Å². The maximum Gasteiger partial charge on any atom is 0.323 e. The average Bonchev–Trinajstić information content (AvgIpc) is 3.49. The Morgan fingerprint density at radius 2 is 1.66 bits per heavy atom. The van der Waals surface area contributed by atoms with Crippen molar-refractivity contribution in [2.45, 2.75) is 13.0 Å². The van der Waals surface area contributed by atoms with Gasteiger partial charge in [0, 0.05) is 55.2 Å². The molecule has 0 radical (unpaired) electrons. The number of benzene rings is 3. The van der Waals surface area contributed by atoms with Crippen LogP contribution in [0.1, 0.15) is 11.1 Å². The lowest BCUT2D eigenvalue weighted by molar-refractivity contribution is -0.136. The fourth-order valence-corrected chi connectivity index (χ4v) is 5.74. The number of para-hydroxylation sites is 1. The maximum atomic E-state index is 12.7. The van der Waals surface area contributed by atoms with Crippen LogP contribution in [0.5, 0.6) is 0 Å². The lowest BCUT2D eigenvalue weighted by Crippen LogP contribution is -2.38. The average molecular weight is 625 g/mol. The van der Waals surface area contributed by atoms with Crippen molar-refractivity contribution >= 4 is 40.6 Å². The van der Waals surface area contributed by atoms with Crippen LogP contribution in [0.3, 0.4) is 0 Å². The van der Waals surface area contributed by atoms with E-state index < -0.39 is 0 Å². The van der Waals surface area contributed by atoms with Crippen LogP contribution in [0, 0.1) is 0 Å². The van der Waals surface area contributed by atoms with Crippen molar-refractivity contribution in [3.63, 3.8) is 0 Å². The van der Waals surface area contributed by atoms with E-state index in [2.05, 4.69) is 27.0 Å². The number of carbonyl (C=O) groups excluding carboxylic acids is 2. The van der Waals surface area contributed by atoms with Crippen molar-refractivity contribution in [1.82, 2.24) is 24.3 Å². The van der Waals surface area contributed by atoms with Gasteiger partial charge in [0.25, 0.3) is 0 Å². The fourth-order valence-electron chi connectivity index (χ4n) is 5.74. The van der Waals surface area contributed by atoms with Gasteiger partial charge in [-0.15, -0.1) is 0 Å². The molecule has 47 heavy (non-hydrogen) atoms. The number of nitrogens with one attached hydrogen (secondary N) is 3. The molecule has 0 aliphatic carbocycles. The first-order valence-electron chi connectivity index (χ1n) is 15.2. The Balaban J connectivity index is 1.15. The second-order valence-corrected chi connectivity index (χ2v) is 11.1. The third-order valence-electron chi connectivity index (χ3n) is 7.95. The largest absolute Gasteiger partial charge is 0.375 e. The number of hydrogen-bond donors (Lipinski definition) is 3. The summed E-state index contributed by atoms with van der Waals surface area (Å²) in [5.74, 6) is 0.439. The summed E-state index contributed by atoms with van der Waals surface area (Å²) >= 11 is 0. The van der Waals surface area contributed by atoms with E-state index in [1.54, 1.807) is 6.20 Å². The van der Waals surface area contributed by atoms with Crippen molar-refractivity contribution < 1.29 is 14.3 Å². The number of pyridine rings is 1. The molecule has 11 heteroatoms. The first-order chi connectivity index (χ1) is 23.0. The van der Waals surface area contributed by atoms with E-state index in [0.29, 0.717) is 41.8 Å². The monoisotopic (exact) mass is 624 g/mol. The van der Waals surface area contributed by atoms with Crippen molar-refractivity contribution in [2.24, 2.45) is 0 Å². The van der Waals surface area contributed by atoms with Gasteiger partial charge < -0.3 is 25.6 Å². The second-order valence-electron chi connectivity index (χ2n) is 11.1. The van der Waals surface area contributed by atoms with E-state index in [1.165, 1.54) is 12.7 Å². The zero-order valence-corrected chi connectivity index (χ0v) is 25.7.